The van der Waals surface area contributed by atoms with Crippen LogP contribution < -0.4 is 5.56 Å². The molecule has 0 aromatic carbocycles. The normalized spacial score (nSPS) is 10.9. The molecule has 0 aliphatic heterocycles. The van der Waals surface area contributed by atoms with Crippen LogP contribution in [0.2, 0.25) is 0 Å². The molecule has 0 N–H and O–H groups in total. The Balaban J connectivity index is 2.25. The van der Waals surface area contributed by atoms with E-state index in [0.29, 0.717) is 6.42 Å². The highest BCUT2D eigenvalue weighted by atomic mass is 32.2. The maximum atomic E-state index is 12.4. The van der Waals surface area contributed by atoms with Crippen molar-refractivity contribution in [2.75, 3.05) is 5.75 Å². The zero-order valence-corrected chi connectivity index (χ0v) is 13.5. The lowest BCUT2D eigenvalue weighted by Gasteiger charge is -2.06. The molecule has 20 heavy (non-hydrogen) atoms. The van der Waals surface area contributed by atoms with Gasteiger partial charge in [-0.2, -0.15) is 5.26 Å². The summed E-state index contributed by atoms with van der Waals surface area (Å²) in [4.78, 5) is 19.0. The van der Waals surface area contributed by atoms with Gasteiger partial charge in [0.2, 0.25) is 0 Å². The highest BCUT2D eigenvalue weighted by Crippen LogP contribution is 2.28. The van der Waals surface area contributed by atoms with Crippen LogP contribution in [0.3, 0.4) is 0 Å². The summed E-state index contributed by atoms with van der Waals surface area (Å²) < 4.78 is 1.64. The lowest BCUT2D eigenvalue weighted by Crippen LogP contribution is -2.19. The molecule has 2 aromatic rings. The Kier molecular flexibility index (Phi) is 4.84. The minimum absolute atomic E-state index is 0.0383. The maximum absolute atomic E-state index is 12.4. The Morgan fingerprint density at radius 3 is 2.85 bits per heavy atom. The topological polar surface area (TPSA) is 58.7 Å². The number of thiophene rings is 1. The van der Waals surface area contributed by atoms with Crippen LogP contribution in [0.5, 0.6) is 0 Å². The summed E-state index contributed by atoms with van der Waals surface area (Å²) in [6.45, 7) is 4.00. The SMILES string of the molecule is Cc1sc2nc(SCCCCC#N)n(C)c(=O)c2c1C. The highest BCUT2D eigenvalue weighted by molar-refractivity contribution is 7.99. The van der Waals surface area contributed by atoms with Gasteiger partial charge < -0.3 is 0 Å². The van der Waals surface area contributed by atoms with Gasteiger partial charge in [-0.25, -0.2) is 4.98 Å². The third kappa shape index (κ3) is 2.89. The molecule has 106 valence electrons. The van der Waals surface area contributed by atoms with Gasteiger partial charge in [0.15, 0.2) is 5.16 Å². The Labute approximate surface area is 126 Å². The summed E-state index contributed by atoms with van der Waals surface area (Å²) >= 11 is 3.17. The summed E-state index contributed by atoms with van der Waals surface area (Å²) in [5.41, 5.74) is 1.08. The molecule has 0 unspecified atom stereocenters. The number of thioether (sulfide) groups is 1. The number of hydrogen-bond donors (Lipinski definition) is 0. The Morgan fingerprint density at radius 2 is 2.15 bits per heavy atom. The first-order chi connectivity index (χ1) is 9.56. The molecule has 0 spiro atoms. The predicted octanol–water partition coefficient (Wildman–Crippen LogP) is 3.40. The van der Waals surface area contributed by atoms with Crippen molar-refractivity contribution in [3.05, 3.63) is 20.8 Å². The van der Waals surface area contributed by atoms with Gasteiger partial charge in [-0.15, -0.1) is 11.3 Å². The fraction of sp³-hybridized carbons (Fsp3) is 0.500. The van der Waals surface area contributed by atoms with E-state index >= 15 is 0 Å². The first-order valence-electron chi connectivity index (χ1n) is 6.52. The molecule has 6 heteroatoms. The molecule has 0 atom stereocenters. The van der Waals surface area contributed by atoms with E-state index < -0.39 is 0 Å². The van der Waals surface area contributed by atoms with Crippen LogP contribution in [0.4, 0.5) is 0 Å². The monoisotopic (exact) mass is 307 g/mol. The van der Waals surface area contributed by atoms with Crippen molar-refractivity contribution in [2.45, 2.75) is 38.3 Å². The summed E-state index contributed by atoms with van der Waals surface area (Å²) in [5.74, 6) is 0.886. The van der Waals surface area contributed by atoms with Crippen molar-refractivity contribution < 1.29 is 0 Å². The van der Waals surface area contributed by atoms with E-state index in [9.17, 15) is 4.79 Å². The molecule has 0 fully saturated rings. The minimum atomic E-state index is 0.0383. The van der Waals surface area contributed by atoms with E-state index in [0.717, 1.165) is 44.4 Å². The summed E-state index contributed by atoms with van der Waals surface area (Å²) in [6.07, 6.45) is 2.46. The summed E-state index contributed by atoms with van der Waals surface area (Å²) in [6, 6.07) is 2.14. The lowest BCUT2D eigenvalue weighted by molar-refractivity contribution is 0.725. The van der Waals surface area contributed by atoms with E-state index in [1.807, 2.05) is 13.8 Å². The molecule has 0 aliphatic rings. The van der Waals surface area contributed by atoms with Crippen LogP contribution >= 0.6 is 23.1 Å². The van der Waals surface area contributed by atoms with Gasteiger partial charge in [0, 0.05) is 24.1 Å². The average molecular weight is 307 g/mol. The predicted molar refractivity (Wildman–Crippen MR) is 84.5 cm³/mol. The van der Waals surface area contributed by atoms with Crippen molar-refractivity contribution in [3.8, 4) is 6.07 Å². The molecule has 0 saturated carbocycles. The second kappa shape index (κ2) is 6.42. The number of unbranched alkanes of at least 4 members (excludes halogenated alkanes) is 2. The van der Waals surface area contributed by atoms with Crippen molar-refractivity contribution in [3.63, 3.8) is 0 Å². The molecule has 0 bridgehead atoms. The van der Waals surface area contributed by atoms with Gasteiger partial charge in [-0.3, -0.25) is 9.36 Å². The van der Waals surface area contributed by atoms with Crippen LogP contribution in [0.15, 0.2) is 9.95 Å². The van der Waals surface area contributed by atoms with E-state index in [-0.39, 0.29) is 5.56 Å². The first-order valence-corrected chi connectivity index (χ1v) is 8.33. The van der Waals surface area contributed by atoms with Crippen molar-refractivity contribution in [2.24, 2.45) is 7.05 Å². The molecule has 2 rings (SSSR count). The van der Waals surface area contributed by atoms with Gasteiger partial charge in [0.25, 0.3) is 5.56 Å². The van der Waals surface area contributed by atoms with Gasteiger partial charge in [-0.05, 0) is 32.3 Å². The molecule has 0 saturated heterocycles. The van der Waals surface area contributed by atoms with E-state index in [2.05, 4.69) is 11.1 Å². The van der Waals surface area contributed by atoms with Gasteiger partial charge in [-0.1, -0.05) is 11.8 Å². The van der Waals surface area contributed by atoms with Crippen LogP contribution in [-0.2, 0) is 7.05 Å². The highest BCUT2D eigenvalue weighted by Gasteiger charge is 2.14. The minimum Gasteiger partial charge on any atom is -0.290 e. The molecule has 2 aromatic heterocycles. The second-order valence-corrected chi connectivity index (χ2v) is 6.95. The van der Waals surface area contributed by atoms with Gasteiger partial charge in [0.05, 0.1) is 11.5 Å². The smallest absolute Gasteiger partial charge is 0.262 e. The van der Waals surface area contributed by atoms with E-state index in [1.165, 1.54) is 0 Å². The number of hydrogen-bond acceptors (Lipinski definition) is 5. The second-order valence-electron chi connectivity index (χ2n) is 4.69. The van der Waals surface area contributed by atoms with Crippen LogP contribution in [0.25, 0.3) is 10.2 Å². The Bertz CT molecular complexity index is 725. The molecular formula is C14H17N3OS2. The lowest BCUT2D eigenvalue weighted by atomic mass is 10.2. The number of aryl methyl sites for hydroxylation is 2. The Hall–Kier alpha value is -1.32. The number of rotatable bonds is 5. The van der Waals surface area contributed by atoms with Crippen molar-refractivity contribution in [1.29, 1.82) is 5.26 Å². The standard InChI is InChI=1S/C14H17N3OS2/c1-9-10(2)20-12-11(9)13(18)17(3)14(16-12)19-8-6-4-5-7-15/h4-6,8H2,1-3H3. The zero-order valence-electron chi connectivity index (χ0n) is 11.9. The molecule has 0 aliphatic carbocycles. The number of fused-ring (bicyclic) bond motifs is 1. The quantitative estimate of drug-likeness (QED) is 0.482. The first kappa shape index (κ1) is 15.1. The van der Waals surface area contributed by atoms with E-state index in [1.54, 1.807) is 34.7 Å². The largest absolute Gasteiger partial charge is 0.290 e. The number of aromatic nitrogens is 2. The molecule has 0 amide bonds. The fourth-order valence-electron chi connectivity index (χ4n) is 1.95. The third-order valence-corrected chi connectivity index (χ3v) is 5.50. The van der Waals surface area contributed by atoms with Crippen molar-refractivity contribution in [1.82, 2.24) is 9.55 Å². The zero-order chi connectivity index (χ0) is 14.7. The maximum Gasteiger partial charge on any atom is 0.262 e. The van der Waals surface area contributed by atoms with Crippen LogP contribution in [0.1, 0.15) is 29.7 Å². The van der Waals surface area contributed by atoms with Crippen LogP contribution in [-0.4, -0.2) is 15.3 Å². The summed E-state index contributed by atoms with van der Waals surface area (Å²) in [5, 5.41) is 10.0. The Morgan fingerprint density at radius 1 is 1.40 bits per heavy atom. The van der Waals surface area contributed by atoms with Crippen LogP contribution in [0, 0.1) is 25.2 Å². The molecule has 4 nitrogen and oxygen atoms in total. The molecule has 2 heterocycles. The van der Waals surface area contributed by atoms with Gasteiger partial charge >= 0.3 is 0 Å². The number of nitrogens with zero attached hydrogens (tertiary/aromatic N) is 3. The van der Waals surface area contributed by atoms with E-state index in [4.69, 9.17) is 5.26 Å². The fourth-order valence-corrected chi connectivity index (χ4v) is 4.00. The average Bonchev–Trinajstić information content (AvgIpc) is 2.70. The van der Waals surface area contributed by atoms with Crippen molar-refractivity contribution >= 4 is 33.3 Å². The molecule has 0 radical (unpaired) electrons. The third-order valence-electron chi connectivity index (χ3n) is 3.28. The van der Waals surface area contributed by atoms with Gasteiger partial charge in [0.1, 0.15) is 4.83 Å². The molecular weight excluding hydrogens is 290 g/mol. The number of nitriles is 1. The summed E-state index contributed by atoms with van der Waals surface area (Å²) in [7, 11) is 1.78.